The molecule has 0 aliphatic carbocycles. The number of fused-ring (bicyclic) bond motifs is 5. The summed E-state index contributed by atoms with van der Waals surface area (Å²) in [6.07, 6.45) is 3.50. The molecule has 28 heteroatoms. The Labute approximate surface area is 515 Å². The number of benzene rings is 2. The van der Waals surface area contributed by atoms with Gasteiger partial charge in [-0.15, -0.1) is 0 Å². The van der Waals surface area contributed by atoms with Crippen LogP contribution in [-0.4, -0.2) is 180 Å². The normalized spacial score (nSPS) is 24.8. The first-order chi connectivity index (χ1) is 41.0. The van der Waals surface area contributed by atoms with Gasteiger partial charge in [-0.2, -0.15) is 0 Å². The summed E-state index contributed by atoms with van der Waals surface area (Å²) in [5.74, 6) is -5.65. The van der Waals surface area contributed by atoms with Crippen LogP contribution in [0.1, 0.15) is 96.0 Å². The molecule has 4 heterocycles. The van der Waals surface area contributed by atoms with Crippen molar-refractivity contribution in [2.24, 2.45) is 17.6 Å². The van der Waals surface area contributed by atoms with Crippen molar-refractivity contribution >= 4 is 93.8 Å². The van der Waals surface area contributed by atoms with Crippen molar-refractivity contribution in [1.29, 1.82) is 0 Å². The lowest BCUT2D eigenvalue weighted by Crippen LogP contribution is -2.63. The van der Waals surface area contributed by atoms with Crippen molar-refractivity contribution in [2.45, 2.75) is 140 Å². The topological polar surface area (TPSA) is 351 Å². The third kappa shape index (κ3) is 17.2. The Kier molecular flexibility index (Phi) is 23.3. The Morgan fingerprint density at radius 1 is 0.989 bits per heavy atom. The zero-order valence-electron chi connectivity index (χ0n) is 50.4. The van der Waals surface area contributed by atoms with Crippen LogP contribution in [0.25, 0.3) is 0 Å². The summed E-state index contributed by atoms with van der Waals surface area (Å²) in [7, 11) is 5.67. The van der Waals surface area contributed by atoms with Gasteiger partial charge < -0.3 is 76.0 Å². The van der Waals surface area contributed by atoms with Gasteiger partial charge in [0.15, 0.2) is 10.8 Å². The third-order valence-corrected chi connectivity index (χ3v) is 16.4. The second-order valence-electron chi connectivity index (χ2n) is 22.5. The summed E-state index contributed by atoms with van der Waals surface area (Å²) in [6, 6.07) is 2.80. The third-order valence-electron chi connectivity index (χ3n) is 15.8. The zero-order valence-corrected chi connectivity index (χ0v) is 51.9. The van der Waals surface area contributed by atoms with Gasteiger partial charge in [-0.1, -0.05) is 56.2 Å². The number of thiocarbonyl (C=S) groups is 1. The average molecular weight is 1250 g/mol. The maximum atomic E-state index is 14.5. The number of urea groups is 1. The Hall–Kier alpha value is -7.85. The first kappa shape index (κ1) is 68.3. The highest BCUT2D eigenvalue weighted by atomic mass is 35.5. The minimum Gasteiger partial charge on any atom is -0.506 e. The molecule has 0 spiro atoms. The number of phenols is 1. The Bertz CT molecular complexity index is 3050. The van der Waals surface area contributed by atoms with Gasteiger partial charge >= 0.3 is 18.1 Å². The molecule has 474 valence electrons. The number of esters is 1. The number of carbonyl (C=O) groups excluding carboxylic acids is 9. The lowest BCUT2D eigenvalue weighted by Gasteiger charge is -2.42. The van der Waals surface area contributed by atoms with E-state index in [0.717, 1.165) is 27.0 Å². The van der Waals surface area contributed by atoms with Gasteiger partial charge in [0.05, 0.1) is 31.0 Å². The molecule has 87 heavy (non-hydrogen) atoms. The van der Waals surface area contributed by atoms with Crippen LogP contribution in [0.4, 0.5) is 21.0 Å². The van der Waals surface area contributed by atoms with Crippen LogP contribution in [-0.2, 0) is 54.1 Å². The fourth-order valence-electron chi connectivity index (χ4n) is 10.4. The van der Waals surface area contributed by atoms with E-state index in [4.69, 9.17) is 53.2 Å². The summed E-state index contributed by atoms with van der Waals surface area (Å²) in [6.45, 7) is 10.8. The molecule has 0 aromatic heterocycles. The van der Waals surface area contributed by atoms with Gasteiger partial charge in [0.1, 0.15) is 58.6 Å². The van der Waals surface area contributed by atoms with Crippen LogP contribution in [0, 0.1) is 11.8 Å². The highest BCUT2D eigenvalue weighted by Gasteiger charge is 2.64. The van der Waals surface area contributed by atoms with Crippen LogP contribution in [0.15, 0.2) is 66.3 Å². The van der Waals surface area contributed by atoms with Crippen molar-refractivity contribution < 1.29 is 77.0 Å². The number of nitrogens with two attached hydrogens (primary N) is 1. The summed E-state index contributed by atoms with van der Waals surface area (Å²) < 4.78 is 29.5. The fraction of sp³-hybridized carbons (Fsp3) is 0.525. The summed E-state index contributed by atoms with van der Waals surface area (Å²) in [5, 5.41) is 39.7. The number of methoxy groups -OCH3 is 2. The largest absolute Gasteiger partial charge is 0.506 e. The number of imide groups is 1. The lowest BCUT2D eigenvalue weighted by molar-refractivity contribution is -0.158. The Morgan fingerprint density at radius 2 is 1.68 bits per heavy atom. The van der Waals surface area contributed by atoms with Gasteiger partial charge in [0, 0.05) is 70.9 Å². The number of hydrogen-bond donors (Lipinski definition) is 9. The molecule has 4 aliphatic heterocycles. The number of unbranched alkanes of at least 4 members (excludes halogenated alkanes) is 1. The van der Waals surface area contributed by atoms with Gasteiger partial charge in [-0.05, 0) is 107 Å². The summed E-state index contributed by atoms with van der Waals surface area (Å²) in [5.41, 5.74) is 3.55. The molecule has 10 N–H and O–H groups in total. The molecule has 0 unspecified atom stereocenters. The number of primary amides is 1. The number of hydrogen-bond acceptors (Lipinski definition) is 17. The molecule has 10 atom stereocenters. The minimum absolute atomic E-state index is 0.00381. The molecule has 2 aromatic rings. The van der Waals surface area contributed by atoms with Crippen molar-refractivity contribution in [3.05, 3.63) is 82.4 Å². The number of likely N-dealkylation sites (N-methyl/N-ethyl adjacent to an activating group) is 1. The number of amides is 9. The van der Waals surface area contributed by atoms with Crippen molar-refractivity contribution in [3.63, 3.8) is 0 Å². The number of carbonyl (C=O) groups is 9. The van der Waals surface area contributed by atoms with E-state index >= 15 is 0 Å². The van der Waals surface area contributed by atoms with Crippen molar-refractivity contribution in [2.75, 3.05) is 58.2 Å². The number of rotatable bonds is 21. The second kappa shape index (κ2) is 29.7. The van der Waals surface area contributed by atoms with Crippen molar-refractivity contribution in [3.8, 4) is 11.5 Å². The average Bonchev–Trinajstić information content (AvgIpc) is 1.59. The molecule has 6 rings (SSSR count). The van der Waals surface area contributed by atoms with Gasteiger partial charge in [0.25, 0.3) is 17.7 Å². The number of alkyl carbamates (subject to hydrolysis) is 1. The van der Waals surface area contributed by atoms with Crippen LogP contribution < -0.4 is 47.3 Å². The number of nitrogens with one attached hydrogen (secondary N) is 6. The van der Waals surface area contributed by atoms with E-state index in [1.54, 1.807) is 52.0 Å². The standard InChI is InChI=1S/C59H79ClN10O16S/c1-31(2)49(66-56(87)63-22-11-12-24-70-45(72)20-21-46(70)73)52(76)65-38(16-14-23-62-55(61)79)51(75)64-37-19-18-36(28-40(37)71)53(77)68(7)34(5)54(78)85-44-29-47(74)69(8)39-26-35(27-41(82-9)48(39)60)25-32(3)15-13-17-43(83-10)59(81)30-42(84-57(80)67-59)33(4)50-58(44,6)86-50/h13,15,17-21,26-28,31,33-34,38,42-44,49-50,71,81H,11-12,14,16,22-25,29-30H2,1-10H3,(H,64,75)(H,65,76)(H,67,80)(H3,61,62,79)(H2,63,66,87)/b17-13+,32-15+/t33-,34+,38+,42+,43-,44+,49+,50+,58+,59+/m1/s1. The predicted octanol–water partition coefficient (Wildman–Crippen LogP) is 3.60. The van der Waals surface area contributed by atoms with Crippen LogP contribution >= 0.6 is 23.8 Å². The number of aliphatic hydroxyl groups is 1. The maximum Gasteiger partial charge on any atom is 0.409 e. The number of aromatic hydroxyl groups is 1. The van der Waals surface area contributed by atoms with Gasteiger partial charge in [-0.25, -0.2) is 14.4 Å². The maximum absolute atomic E-state index is 14.5. The molecule has 26 nitrogen and oxygen atoms in total. The monoisotopic (exact) mass is 1250 g/mol. The van der Waals surface area contributed by atoms with Gasteiger partial charge in [0.2, 0.25) is 17.7 Å². The van der Waals surface area contributed by atoms with E-state index in [1.807, 2.05) is 13.0 Å². The molecule has 0 saturated carbocycles. The number of epoxide rings is 1. The minimum atomic E-state index is -1.93. The number of nitrogens with zero attached hydrogens (tertiary/aromatic N) is 3. The number of ether oxygens (including phenoxy) is 5. The smallest absolute Gasteiger partial charge is 0.409 e. The highest BCUT2D eigenvalue weighted by Crippen LogP contribution is 2.49. The van der Waals surface area contributed by atoms with E-state index in [2.05, 4.69) is 31.9 Å². The predicted molar refractivity (Wildman–Crippen MR) is 323 cm³/mol. The Balaban J connectivity index is 1.16. The molecule has 2 aromatic carbocycles. The molecular weight excluding hydrogens is 1170 g/mol. The van der Waals surface area contributed by atoms with E-state index in [1.165, 1.54) is 64.4 Å². The number of phenolic OH excluding ortho intramolecular Hbond substituents is 1. The first-order valence-electron chi connectivity index (χ1n) is 28.4. The van der Waals surface area contributed by atoms with E-state index in [0.29, 0.717) is 37.2 Å². The number of anilines is 2. The van der Waals surface area contributed by atoms with Crippen LogP contribution in [0.2, 0.25) is 5.02 Å². The van der Waals surface area contributed by atoms with Crippen LogP contribution in [0.5, 0.6) is 11.5 Å². The SMILES string of the molecule is COc1cc2cc(c1Cl)N(C)C(=O)C[C@H](OC(=O)[C@H](C)N(C)C(=O)c1ccc(NC(=O)[C@H](CCCNC(N)=O)NC(=O)[C@@H](NC(=S)NCCCCN3C(=O)C=CC3=O)C(C)C)c(O)c1)[C@]1(C)O[C@H]1[C@H](C)[C@@H]1C[C@@](O)(NC(=O)O1)[C@H](OC)/C=C/C=C(\C)C2. The first-order valence-corrected chi connectivity index (χ1v) is 29.2. The second-order valence-corrected chi connectivity index (χ2v) is 23.3. The van der Waals surface area contributed by atoms with E-state index in [-0.39, 0.29) is 71.5 Å². The molecule has 2 fully saturated rings. The quantitative estimate of drug-likeness (QED) is 0.0215. The molecule has 4 bridgehead atoms. The summed E-state index contributed by atoms with van der Waals surface area (Å²) in [4.78, 5) is 123. The lowest BCUT2D eigenvalue weighted by atomic mass is 9.83. The molecule has 9 amide bonds. The van der Waals surface area contributed by atoms with E-state index < -0.39 is 114 Å². The number of halogens is 1. The van der Waals surface area contributed by atoms with E-state index in [9.17, 15) is 53.4 Å². The van der Waals surface area contributed by atoms with Gasteiger partial charge in [-0.3, -0.25) is 39.0 Å². The molecule has 0 radical (unpaired) electrons. The zero-order chi connectivity index (χ0) is 64.2. The molecule has 2 saturated heterocycles. The van der Waals surface area contributed by atoms with Crippen LogP contribution in [0.3, 0.4) is 0 Å². The number of allylic oxidation sites excluding steroid dienone is 3. The molecular formula is C59H79ClN10O16S. The molecule has 4 aliphatic rings. The fourth-order valence-corrected chi connectivity index (χ4v) is 10.9. The summed E-state index contributed by atoms with van der Waals surface area (Å²) >= 11 is 12.3. The Morgan fingerprint density at radius 3 is 2.32 bits per heavy atom. The van der Waals surface area contributed by atoms with Crippen molar-refractivity contribution in [1.82, 2.24) is 36.4 Å². The highest BCUT2D eigenvalue weighted by molar-refractivity contribution is 7.80.